The SMILES string of the molecule is COc1ccc(CN(Cc2ccc(OC)cc2)S(=O)(=O)c2c(S(=O)(=O)CC[Si](C)(C)C)ccc(-c3cccc(NC(=O)CNC(=O)OC(C)(C)C)c3N)c2-c2nnn(Cc3ccc(OC)cc3)n2)cc1. The van der Waals surface area contributed by atoms with Gasteiger partial charge in [0.2, 0.25) is 21.8 Å². The van der Waals surface area contributed by atoms with E-state index in [0.717, 1.165) is 5.56 Å². The van der Waals surface area contributed by atoms with Crippen LogP contribution in [0.25, 0.3) is 22.5 Å². The van der Waals surface area contributed by atoms with Gasteiger partial charge in [0.1, 0.15) is 34.3 Å². The van der Waals surface area contributed by atoms with Gasteiger partial charge in [0.15, 0.2) is 9.84 Å². The number of sulfonamides is 1. The molecule has 6 aromatic rings. The second kappa shape index (κ2) is 21.9. The summed E-state index contributed by atoms with van der Waals surface area (Å²) in [6.07, 6.45) is -0.803. The Labute approximate surface area is 410 Å². The lowest BCUT2D eigenvalue weighted by Gasteiger charge is -2.27. The summed E-state index contributed by atoms with van der Waals surface area (Å²) in [6.45, 7) is 10.4. The number of para-hydroxylation sites is 1. The van der Waals surface area contributed by atoms with E-state index in [1.54, 1.807) is 101 Å². The number of hydrogen-bond donors (Lipinski definition) is 3. The van der Waals surface area contributed by atoms with Crippen molar-refractivity contribution in [1.29, 1.82) is 0 Å². The summed E-state index contributed by atoms with van der Waals surface area (Å²) >= 11 is 0. The number of nitrogens with two attached hydrogens (primary N) is 1. The van der Waals surface area contributed by atoms with E-state index in [9.17, 15) is 18.0 Å². The minimum atomic E-state index is -4.92. The molecule has 2 amide bonds. The molecule has 0 radical (unpaired) electrons. The highest BCUT2D eigenvalue weighted by Gasteiger charge is 2.38. The van der Waals surface area contributed by atoms with Gasteiger partial charge in [0.25, 0.3) is 0 Å². The number of amides is 2. The van der Waals surface area contributed by atoms with Gasteiger partial charge in [0.05, 0.1) is 55.5 Å². The number of ether oxygens (including phenoxy) is 4. The Morgan fingerprint density at radius 1 is 0.743 bits per heavy atom. The number of anilines is 2. The maximum Gasteiger partial charge on any atom is 0.408 e. The molecule has 0 spiro atoms. The molecule has 21 heteroatoms. The molecule has 0 aliphatic carbocycles. The van der Waals surface area contributed by atoms with E-state index >= 15 is 8.42 Å². The molecule has 18 nitrogen and oxygen atoms in total. The average Bonchev–Trinajstić information content (AvgIpc) is 3.78. The van der Waals surface area contributed by atoms with Gasteiger partial charge in [-0.25, -0.2) is 21.6 Å². The number of alkyl carbamates (subject to hydrolysis) is 1. The number of nitrogen functional groups attached to an aromatic ring is 1. The van der Waals surface area contributed by atoms with Gasteiger partial charge >= 0.3 is 6.09 Å². The third kappa shape index (κ3) is 13.5. The van der Waals surface area contributed by atoms with Gasteiger partial charge in [-0.05, 0) is 103 Å². The minimum absolute atomic E-state index is 0.00833. The first-order chi connectivity index (χ1) is 33.0. The summed E-state index contributed by atoms with van der Waals surface area (Å²) in [6, 6.07) is 28.7. The van der Waals surface area contributed by atoms with Crippen LogP contribution in [0.5, 0.6) is 17.2 Å². The summed E-state index contributed by atoms with van der Waals surface area (Å²) in [5, 5.41) is 18.6. The van der Waals surface area contributed by atoms with Gasteiger partial charge in [-0.2, -0.15) is 9.10 Å². The number of nitrogens with zero attached hydrogens (tertiary/aromatic N) is 5. The smallest absolute Gasteiger partial charge is 0.408 e. The maximum absolute atomic E-state index is 16.1. The number of tetrazole rings is 1. The number of carbonyl (C=O) groups excluding carboxylic acids is 2. The van der Waals surface area contributed by atoms with Crippen molar-refractivity contribution in [2.75, 3.05) is 44.7 Å². The standard InChI is InChI=1S/C49H60N8O10S2Si/c1-49(2,3)67-48(59)51-29-43(58)52-41-12-10-11-40(45(41)50)39-25-26-42(68(60,61)27-28-70(7,8)9)46(44(39)47-53-55-57(54-47)32-35-17-23-38(66-6)24-18-35)69(62,63)56(30-33-13-19-36(64-4)20-14-33)31-34-15-21-37(65-5)22-16-34/h10-26H,27-32,50H2,1-9H3,(H,51,59)(H,52,58). The van der Waals surface area contributed by atoms with Crippen LogP contribution in [0.1, 0.15) is 37.5 Å². The number of carbonyl (C=O) groups is 2. The maximum atomic E-state index is 16.1. The number of nitrogens with one attached hydrogen (secondary N) is 2. The fourth-order valence-corrected chi connectivity index (χ4v) is 13.9. The normalized spacial score (nSPS) is 12.1. The summed E-state index contributed by atoms with van der Waals surface area (Å²) in [7, 11) is -6.72. The molecule has 6 rings (SSSR count). The van der Waals surface area contributed by atoms with Crippen LogP contribution in [0.3, 0.4) is 0 Å². The van der Waals surface area contributed by atoms with Crippen LogP contribution in [-0.2, 0) is 49.0 Å². The number of benzene rings is 5. The first-order valence-corrected chi connectivity index (χ1v) is 29.0. The highest BCUT2D eigenvalue weighted by atomic mass is 32.2. The van der Waals surface area contributed by atoms with Gasteiger partial charge < -0.3 is 35.3 Å². The third-order valence-electron chi connectivity index (χ3n) is 10.8. The highest BCUT2D eigenvalue weighted by Crippen LogP contribution is 2.44. The van der Waals surface area contributed by atoms with Crippen molar-refractivity contribution >= 4 is 51.3 Å². The second-order valence-electron chi connectivity index (χ2n) is 18.6. The molecule has 0 fully saturated rings. The third-order valence-corrected chi connectivity index (χ3v) is 16.7. The molecular weight excluding hydrogens is 953 g/mol. The Balaban J connectivity index is 1.61. The van der Waals surface area contributed by atoms with Crippen molar-refractivity contribution in [3.63, 3.8) is 0 Å². The Bertz CT molecular complexity index is 2980. The molecule has 0 bridgehead atoms. The zero-order chi connectivity index (χ0) is 51.0. The van der Waals surface area contributed by atoms with Crippen LogP contribution in [0.2, 0.25) is 25.7 Å². The number of aromatic nitrogens is 4. The summed E-state index contributed by atoms with van der Waals surface area (Å²) in [4.78, 5) is 25.8. The topological polar surface area (TPSA) is 236 Å². The van der Waals surface area contributed by atoms with E-state index in [1.807, 2.05) is 31.8 Å². The zero-order valence-corrected chi connectivity index (χ0v) is 43.4. The van der Waals surface area contributed by atoms with Crippen molar-refractivity contribution in [2.45, 2.75) is 81.5 Å². The first kappa shape index (κ1) is 52.6. The molecule has 0 saturated heterocycles. The Morgan fingerprint density at radius 3 is 1.80 bits per heavy atom. The lowest BCUT2D eigenvalue weighted by molar-refractivity contribution is -0.115. The van der Waals surface area contributed by atoms with Crippen molar-refractivity contribution in [2.24, 2.45) is 0 Å². The summed E-state index contributed by atoms with van der Waals surface area (Å²) < 4.78 is 84.6. The molecule has 0 aliphatic rings. The molecule has 0 aliphatic heterocycles. The fourth-order valence-electron chi connectivity index (χ4n) is 7.16. The lowest BCUT2D eigenvalue weighted by Crippen LogP contribution is -2.37. The Hall–Kier alpha value is -6.81. The molecule has 0 unspecified atom stereocenters. The van der Waals surface area contributed by atoms with Crippen LogP contribution >= 0.6 is 0 Å². The largest absolute Gasteiger partial charge is 0.497 e. The van der Waals surface area contributed by atoms with Crippen molar-refractivity contribution in [1.82, 2.24) is 29.8 Å². The minimum Gasteiger partial charge on any atom is -0.497 e. The van der Waals surface area contributed by atoms with Gasteiger partial charge in [-0.3, -0.25) is 4.79 Å². The van der Waals surface area contributed by atoms with Crippen LogP contribution in [0.15, 0.2) is 113 Å². The molecule has 1 heterocycles. The zero-order valence-electron chi connectivity index (χ0n) is 40.8. The van der Waals surface area contributed by atoms with Crippen molar-refractivity contribution < 1.29 is 45.4 Å². The first-order valence-electron chi connectivity index (χ1n) is 22.2. The molecule has 0 atom stereocenters. The van der Waals surface area contributed by atoms with Crippen LogP contribution in [-0.4, -0.2) is 101 Å². The van der Waals surface area contributed by atoms with Crippen LogP contribution < -0.4 is 30.6 Å². The molecule has 70 heavy (non-hydrogen) atoms. The second-order valence-corrected chi connectivity index (χ2v) is 28.1. The van der Waals surface area contributed by atoms with E-state index in [1.165, 1.54) is 41.5 Å². The summed E-state index contributed by atoms with van der Waals surface area (Å²) in [5.74, 6) is 0.550. The predicted octanol–water partition coefficient (Wildman–Crippen LogP) is 7.63. The van der Waals surface area contributed by atoms with Gasteiger partial charge in [-0.15, -0.1) is 10.2 Å². The number of hydrogen-bond acceptors (Lipinski definition) is 14. The number of methoxy groups -OCH3 is 3. The fraction of sp³-hybridized carbons (Fsp3) is 0.327. The quantitative estimate of drug-likeness (QED) is 0.0493. The number of rotatable bonds is 20. The lowest BCUT2D eigenvalue weighted by atomic mass is 9.97. The van der Waals surface area contributed by atoms with Crippen molar-refractivity contribution in [3.8, 4) is 39.8 Å². The molecule has 1 aromatic heterocycles. The van der Waals surface area contributed by atoms with E-state index < -0.39 is 61.9 Å². The molecule has 4 N–H and O–H groups in total. The van der Waals surface area contributed by atoms with Gasteiger partial charge in [-0.1, -0.05) is 74.2 Å². The average molecular weight is 1010 g/mol. The van der Waals surface area contributed by atoms with E-state index in [2.05, 4.69) is 20.9 Å². The highest BCUT2D eigenvalue weighted by molar-refractivity contribution is 7.93. The number of sulfone groups is 1. The van der Waals surface area contributed by atoms with Crippen LogP contribution in [0, 0.1) is 0 Å². The van der Waals surface area contributed by atoms with Gasteiger partial charge in [0, 0.05) is 26.7 Å². The summed E-state index contributed by atoms with van der Waals surface area (Å²) in [5.41, 5.74) is 8.25. The van der Waals surface area contributed by atoms with Crippen molar-refractivity contribution in [3.05, 3.63) is 120 Å². The molecular formula is C49H60N8O10S2Si. The van der Waals surface area contributed by atoms with E-state index in [0.29, 0.717) is 34.4 Å². The molecule has 372 valence electrons. The van der Waals surface area contributed by atoms with Crippen LogP contribution in [0.4, 0.5) is 16.2 Å². The Morgan fingerprint density at radius 2 is 1.29 bits per heavy atom. The predicted molar refractivity (Wildman–Crippen MR) is 271 cm³/mol. The van der Waals surface area contributed by atoms with E-state index in [4.69, 9.17) is 29.8 Å². The monoisotopic (exact) mass is 1010 g/mol. The van der Waals surface area contributed by atoms with E-state index in [-0.39, 0.29) is 59.3 Å². The molecule has 0 saturated carbocycles. The molecule has 5 aromatic carbocycles. The Kier molecular flexibility index (Phi) is 16.4.